The number of aliphatic carboxylic acids is 1. The summed E-state index contributed by atoms with van der Waals surface area (Å²) in [7, 11) is 0. The number of carbonyl (C=O) groups is 2. The molecule has 5 saturated carbocycles. The van der Waals surface area contributed by atoms with E-state index >= 15 is 0 Å². The van der Waals surface area contributed by atoms with Crippen LogP contribution in [0, 0.1) is 56.7 Å². The molecule has 2 N–H and O–H groups in total. The van der Waals surface area contributed by atoms with Crippen molar-refractivity contribution in [2.24, 2.45) is 56.7 Å². The van der Waals surface area contributed by atoms with Gasteiger partial charge in [-0.25, -0.2) is 0 Å². The highest BCUT2D eigenvalue weighted by molar-refractivity contribution is 5.71. The van der Waals surface area contributed by atoms with Gasteiger partial charge in [0.15, 0.2) is 0 Å². The molecule has 0 radical (unpaired) electrons. The summed E-state index contributed by atoms with van der Waals surface area (Å²) in [6, 6.07) is 0. The van der Waals surface area contributed by atoms with E-state index in [-0.39, 0.29) is 52.0 Å². The molecule has 5 rings (SSSR count). The van der Waals surface area contributed by atoms with Gasteiger partial charge < -0.3 is 14.9 Å². The highest BCUT2D eigenvalue weighted by Crippen LogP contribution is 2.77. The lowest BCUT2D eigenvalue weighted by molar-refractivity contribution is -0.250. The average Bonchev–Trinajstić information content (AvgIpc) is 3.26. The third-order valence-electron chi connectivity index (χ3n) is 14.5. The number of aliphatic hydroxyl groups is 1. The Kier molecular flexibility index (Phi) is 7.62. The standard InChI is InChI=1S/C35H56O5/c1-22(2)23-13-18-35(21-40-29(39)10-8-9-28(37)38)20-19-33(6)24(30(23)35)11-12-26-32(5)16-15-27(36)31(3,4)25(32)14-17-34(26,33)7/h23-27,30,36H,1,8-21H2,2-7H3,(H,37,38)/t23-,24+,25-,26+,27-,30+,32-,33+,34+,35+/m0/s1. The number of hydrogen-bond acceptors (Lipinski definition) is 4. The van der Waals surface area contributed by atoms with Crippen LogP contribution in [0.25, 0.3) is 0 Å². The van der Waals surface area contributed by atoms with Crippen LogP contribution in [0.3, 0.4) is 0 Å². The fourth-order valence-electron chi connectivity index (χ4n) is 12.2. The van der Waals surface area contributed by atoms with Crippen molar-refractivity contribution < 1.29 is 24.5 Å². The maximum atomic E-state index is 12.6. The van der Waals surface area contributed by atoms with Gasteiger partial charge in [0.1, 0.15) is 0 Å². The van der Waals surface area contributed by atoms with Crippen LogP contribution in [0.15, 0.2) is 12.2 Å². The van der Waals surface area contributed by atoms with Crippen LogP contribution in [0.1, 0.15) is 125 Å². The van der Waals surface area contributed by atoms with Gasteiger partial charge in [-0.05, 0) is 129 Å². The molecule has 0 aromatic carbocycles. The molecule has 226 valence electrons. The molecule has 40 heavy (non-hydrogen) atoms. The lowest BCUT2D eigenvalue weighted by Crippen LogP contribution is -2.66. The van der Waals surface area contributed by atoms with Gasteiger partial charge in [-0.1, -0.05) is 46.8 Å². The molecular weight excluding hydrogens is 500 g/mol. The van der Waals surface area contributed by atoms with E-state index in [0.29, 0.717) is 42.6 Å². The smallest absolute Gasteiger partial charge is 0.305 e. The lowest BCUT2D eigenvalue weighted by atomic mass is 9.32. The third-order valence-corrected chi connectivity index (χ3v) is 14.5. The quantitative estimate of drug-likeness (QED) is 0.247. The zero-order valence-corrected chi connectivity index (χ0v) is 26.2. The predicted octanol–water partition coefficient (Wildman–Crippen LogP) is 7.80. The highest BCUT2D eigenvalue weighted by atomic mass is 16.5. The van der Waals surface area contributed by atoms with Crippen LogP contribution in [0.2, 0.25) is 0 Å². The van der Waals surface area contributed by atoms with Crippen molar-refractivity contribution >= 4 is 11.9 Å². The minimum atomic E-state index is -0.863. The maximum absolute atomic E-state index is 12.6. The maximum Gasteiger partial charge on any atom is 0.305 e. The second-order valence-corrected chi connectivity index (χ2v) is 16.3. The molecule has 5 nitrogen and oxygen atoms in total. The first-order valence-electron chi connectivity index (χ1n) is 16.3. The second kappa shape index (κ2) is 10.1. The normalized spacial score (nSPS) is 47.3. The first-order valence-corrected chi connectivity index (χ1v) is 16.3. The number of carboxylic acid groups (broad SMARTS) is 1. The zero-order chi connectivity index (χ0) is 29.3. The van der Waals surface area contributed by atoms with E-state index in [0.717, 1.165) is 32.1 Å². The summed E-state index contributed by atoms with van der Waals surface area (Å²) >= 11 is 0. The number of carbonyl (C=O) groups excluding carboxylic acids is 1. The fourth-order valence-corrected chi connectivity index (χ4v) is 12.2. The molecule has 5 aliphatic rings. The Labute approximate surface area is 242 Å². The topological polar surface area (TPSA) is 83.8 Å². The van der Waals surface area contributed by atoms with Crippen molar-refractivity contribution in [3.05, 3.63) is 12.2 Å². The molecule has 0 heterocycles. The molecule has 0 saturated heterocycles. The SMILES string of the molecule is C=C(C)[C@@H]1CC[C@]2(COC(=O)CCCC(=O)O)CC[C@]3(C)[C@H](CC[C@@H]4[C@@]5(C)CC[C@H](O)C(C)(C)[C@@H]5CC[C@]43C)[C@@H]12. The number of allylic oxidation sites excluding steroid dienone is 1. The van der Waals surface area contributed by atoms with E-state index in [1.165, 1.54) is 37.7 Å². The summed E-state index contributed by atoms with van der Waals surface area (Å²) in [6.07, 6.45) is 11.9. The van der Waals surface area contributed by atoms with Gasteiger partial charge in [0.25, 0.3) is 0 Å². The van der Waals surface area contributed by atoms with Crippen LogP contribution >= 0.6 is 0 Å². The summed E-state index contributed by atoms with van der Waals surface area (Å²) in [5.41, 5.74) is 2.04. The molecule has 0 unspecified atom stereocenters. The van der Waals surface area contributed by atoms with Crippen molar-refractivity contribution in [1.82, 2.24) is 0 Å². The van der Waals surface area contributed by atoms with Crippen molar-refractivity contribution in [2.45, 2.75) is 131 Å². The van der Waals surface area contributed by atoms with Crippen LogP contribution in [0.4, 0.5) is 0 Å². The summed E-state index contributed by atoms with van der Waals surface area (Å²) < 4.78 is 5.97. The summed E-state index contributed by atoms with van der Waals surface area (Å²) in [4.78, 5) is 23.5. The average molecular weight is 557 g/mol. The van der Waals surface area contributed by atoms with E-state index in [2.05, 4.69) is 48.1 Å². The molecule has 5 heteroatoms. The summed E-state index contributed by atoms with van der Waals surface area (Å²) in [5.74, 6) is 1.70. The van der Waals surface area contributed by atoms with Crippen molar-refractivity contribution in [3.63, 3.8) is 0 Å². The lowest BCUT2D eigenvalue weighted by Gasteiger charge is -2.73. The Morgan fingerprint density at radius 1 is 0.850 bits per heavy atom. The second-order valence-electron chi connectivity index (χ2n) is 16.3. The molecule has 0 spiro atoms. The van der Waals surface area contributed by atoms with E-state index in [4.69, 9.17) is 9.84 Å². The Hall–Kier alpha value is -1.36. The molecule has 0 bridgehead atoms. The minimum Gasteiger partial charge on any atom is -0.481 e. The van der Waals surface area contributed by atoms with Gasteiger partial charge in [0.2, 0.25) is 0 Å². The van der Waals surface area contributed by atoms with Crippen molar-refractivity contribution in [1.29, 1.82) is 0 Å². The summed E-state index contributed by atoms with van der Waals surface area (Å²) in [5, 5.41) is 19.9. The van der Waals surface area contributed by atoms with Gasteiger partial charge in [0, 0.05) is 18.3 Å². The van der Waals surface area contributed by atoms with E-state index < -0.39 is 5.97 Å². The minimum absolute atomic E-state index is 0.0106. The monoisotopic (exact) mass is 556 g/mol. The van der Waals surface area contributed by atoms with Crippen molar-refractivity contribution in [3.8, 4) is 0 Å². The number of rotatable bonds is 7. The first kappa shape index (κ1) is 30.1. The number of hydrogen-bond donors (Lipinski definition) is 2. The Bertz CT molecular complexity index is 1030. The molecule has 0 aromatic rings. The number of esters is 1. The molecule has 0 aliphatic heterocycles. The molecule has 10 atom stereocenters. The number of carboxylic acids is 1. The van der Waals surface area contributed by atoms with Gasteiger partial charge in [-0.3, -0.25) is 9.59 Å². The van der Waals surface area contributed by atoms with Crippen LogP contribution in [0.5, 0.6) is 0 Å². The third kappa shape index (κ3) is 4.33. The Morgan fingerprint density at radius 2 is 1.57 bits per heavy atom. The summed E-state index contributed by atoms with van der Waals surface area (Å²) in [6.45, 7) is 19.7. The molecule has 0 amide bonds. The van der Waals surface area contributed by atoms with E-state index in [1.807, 2.05) is 0 Å². The number of fused-ring (bicyclic) bond motifs is 7. The number of ether oxygens (including phenoxy) is 1. The Balaban J connectivity index is 1.42. The van der Waals surface area contributed by atoms with Crippen LogP contribution in [-0.4, -0.2) is 34.9 Å². The molecule has 0 aromatic heterocycles. The van der Waals surface area contributed by atoms with E-state index in [9.17, 15) is 14.7 Å². The number of aliphatic hydroxyl groups excluding tert-OH is 1. The fraction of sp³-hybridized carbons (Fsp3) is 0.886. The van der Waals surface area contributed by atoms with E-state index in [1.54, 1.807) is 0 Å². The zero-order valence-electron chi connectivity index (χ0n) is 26.2. The van der Waals surface area contributed by atoms with Gasteiger partial charge in [-0.15, -0.1) is 0 Å². The molecule has 5 aliphatic carbocycles. The van der Waals surface area contributed by atoms with Gasteiger partial charge in [-0.2, -0.15) is 0 Å². The first-order chi connectivity index (χ1) is 18.6. The highest BCUT2D eigenvalue weighted by Gasteiger charge is 2.71. The van der Waals surface area contributed by atoms with Crippen LogP contribution in [-0.2, 0) is 14.3 Å². The Morgan fingerprint density at radius 3 is 2.25 bits per heavy atom. The van der Waals surface area contributed by atoms with Crippen molar-refractivity contribution in [2.75, 3.05) is 6.61 Å². The van der Waals surface area contributed by atoms with Gasteiger partial charge >= 0.3 is 11.9 Å². The largest absolute Gasteiger partial charge is 0.481 e. The predicted molar refractivity (Wildman–Crippen MR) is 157 cm³/mol. The molecule has 5 fully saturated rings. The molecular formula is C35H56O5. The van der Waals surface area contributed by atoms with Crippen LogP contribution < -0.4 is 0 Å². The van der Waals surface area contributed by atoms with Gasteiger partial charge in [0.05, 0.1) is 12.7 Å².